The summed E-state index contributed by atoms with van der Waals surface area (Å²) in [6.07, 6.45) is 4.04. The molecule has 98 valence electrons. The Labute approximate surface area is 110 Å². The molecule has 1 aromatic rings. The number of anilines is 2. The molecule has 1 fully saturated rings. The molecule has 1 unspecified atom stereocenters. The van der Waals surface area contributed by atoms with Gasteiger partial charge in [0.05, 0.1) is 18.4 Å². The van der Waals surface area contributed by atoms with E-state index in [0.29, 0.717) is 22.3 Å². The lowest BCUT2D eigenvalue weighted by atomic mass is 10.2. The number of carbonyl (C=O) groups excluding carboxylic acids is 1. The van der Waals surface area contributed by atoms with Crippen molar-refractivity contribution >= 4 is 29.2 Å². The fraction of sp³-hybridized carbons (Fsp3) is 0.500. The Bertz CT molecular complexity index is 433. The first-order valence-corrected chi connectivity index (χ1v) is 6.95. The quantitative estimate of drug-likeness (QED) is 0.809. The molecule has 2 rings (SSSR count). The number of carbonyl (C=O) groups is 1. The summed E-state index contributed by atoms with van der Waals surface area (Å²) in [7, 11) is 1.34. The van der Waals surface area contributed by atoms with E-state index < -0.39 is 5.97 Å². The summed E-state index contributed by atoms with van der Waals surface area (Å²) in [5, 5.41) is 3.81. The normalized spacial score (nSPS) is 18.6. The average molecular weight is 267 g/mol. The van der Waals surface area contributed by atoms with Gasteiger partial charge in [-0.05, 0) is 24.7 Å². The Morgan fingerprint density at radius 3 is 3.22 bits per heavy atom. The zero-order valence-corrected chi connectivity index (χ0v) is 11.1. The number of aromatic nitrogens is 1. The third kappa shape index (κ3) is 2.87. The minimum atomic E-state index is -0.437. The number of nitrogens with zero attached hydrogens (tertiary/aromatic N) is 1. The molecule has 5 nitrogen and oxygen atoms in total. The van der Waals surface area contributed by atoms with Gasteiger partial charge in [-0.3, -0.25) is 0 Å². The van der Waals surface area contributed by atoms with Crippen LogP contribution in [0.1, 0.15) is 23.2 Å². The number of thioether (sulfide) groups is 1. The summed E-state index contributed by atoms with van der Waals surface area (Å²) in [6, 6.07) is 1.57. The van der Waals surface area contributed by atoms with E-state index in [9.17, 15) is 4.79 Å². The number of nitrogens with two attached hydrogens (primary N) is 1. The molecule has 0 radical (unpaired) electrons. The highest BCUT2D eigenvalue weighted by Gasteiger charge is 2.17. The Morgan fingerprint density at radius 2 is 2.56 bits per heavy atom. The summed E-state index contributed by atoms with van der Waals surface area (Å²) in [6.45, 7) is 0.826. The van der Waals surface area contributed by atoms with Gasteiger partial charge >= 0.3 is 5.97 Å². The van der Waals surface area contributed by atoms with Crippen molar-refractivity contribution in [2.45, 2.75) is 18.1 Å². The highest BCUT2D eigenvalue weighted by Crippen LogP contribution is 2.27. The van der Waals surface area contributed by atoms with Crippen LogP contribution in [0.5, 0.6) is 0 Å². The van der Waals surface area contributed by atoms with Gasteiger partial charge in [0, 0.05) is 18.0 Å². The number of rotatable bonds is 4. The largest absolute Gasteiger partial charge is 0.465 e. The molecule has 0 amide bonds. The van der Waals surface area contributed by atoms with E-state index in [1.165, 1.54) is 25.7 Å². The molecule has 2 heterocycles. The molecule has 1 atom stereocenters. The SMILES string of the molecule is COC(=O)c1ccnc(NCC2CCCS2)c1N. The van der Waals surface area contributed by atoms with Crippen LogP contribution in [0.4, 0.5) is 11.5 Å². The van der Waals surface area contributed by atoms with E-state index >= 15 is 0 Å². The lowest BCUT2D eigenvalue weighted by Crippen LogP contribution is -2.17. The van der Waals surface area contributed by atoms with Crippen LogP contribution in [-0.2, 0) is 4.74 Å². The van der Waals surface area contributed by atoms with Crippen LogP contribution in [0, 0.1) is 0 Å². The number of hydrogen-bond acceptors (Lipinski definition) is 6. The van der Waals surface area contributed by atoms with Gasteiger partial charge in [-0.15, -0.1) is 0 Å². The van der Waals surface area contributed by atoms with Gasteiger partial charge in [0.15, 0.2) is 0 Å². The fourth-order valence-corrected chi connectivity index (χ4v) is 3.12. The zero-order chi connectivity index (χ0) is 13.0. The maximum Gasteiger partial charge on any atom is 0.340 e. The van der Waals surface area contributed by atoms with Gasteiger partial charge in [-0.2, -0.15) is 11.8 Å². The summed E-state index contributed by atoms with van der Waals surface area (Å²) in [4.78, 5) is 15.6. The van der Waals surface area contributed by atoms with E-state index in [4.69, 9.17) is 5.73 Å². The summed E-state index contributed by atoms with van der Waals surface area (Å²) in [5.41, 5.74) is 6.62. The Morgan fingerprint density at radius 1 is 1.72 bits per heavy atom. The van der Waals surface area contributed by atoms with E-state index in [1.54, 1.807) is 12.3 Å². The van der Waals surface area contributed by atoms with Crippen molar-refractivity contribution in [3.05, 3.63) is 17.8 Å². The van der Waals surface area contributed by atoms with Crippen LogP contribution >= 0.6 is 11.8 Å². The second-order valence-electron chi connectivity index (χ2n) is 4.13. The number of nitrogen functional groups attached to an aromatic ring is 1. The van der Waals surface area contributed by atoms with Crippen LogP contribution < -0.4 is 11.1 Å². The van der Waals surface area contributed by atoms with Crippen molar-refractivity contribution in [3.63, 3.8) is 0 Å². The first-order valence-electron chi connectivity index (χ1n) is 5.90. The molecule has 1 saturated heterocycles. The molecule has 18 heavy (non-hydrogen) atoms. The van der Waals surface area contributed by atoms with Crippen LogP contribution in [0.15, 0.2) is 12.3 Å². The standard InChI is InChI=1S/C12H17N3O2S/c1-17-12(16)9-4-5-14-11(10(9)13)15-7-8-3-2-6-18-8/h4-5,8H,2-3,6-7,13H2,1H3,(H,14,15). The monoisotopic (exact) mass is 267 g/mol. The summed E-state index contributed by atoms with van der Waals surface area (Å²) < 4.78 is 4.67. The van der Waals surface area contributed by atoms with Crippen molar-refractivity contribution in [2.75, 3.05) is 30.5 Å². The topological polar surface area (TPSA) is 77.2 Å². The Kier molecular flexibility index (Phi) is 4.30. The highest BCUT2D eigenvalue weighted by molar-refractivity contribution is 8.00. The highest BCUT2D eigenvalue weighted by atomic mass is 32.2. The van der Waals surface area contributed by atoms with Crippen molar-refractivity contribution < 1.29 is 9.53 Å². The third-order valence-corrected chi connectivity index (χ3v) is 4.31. The molecule has 0 bridgehead atoms. The molecule has 0 aromatic carbocycles. The zero-order valence-electron chi connectivity index (χ0n) is 10.3. The number of pyridine rings is 1. The summed E-state index contributed by atoms with van der Waals surface area (Å²) >= 11 is 1.96. The molecule has 6 heteroatoms. The molecule has 1 aliphatic heterocycles. The number of ether oxygens (including phenoxy) is 1. The van der Waals surface area contributed by atoms with Gasteiger partial charge in [-0.1, -0.05) is 0 Å². The van der Waals surface area contributed by atoms with Crippen molar-refractivity contribution in [3.8, 4) is 0 Å². The molecule has 1 aromatic heterocycles. The Hall–Kier alpha value is -1.43. The molecular formula is C12H17N3O2S. The average Bonchev–Trinajstić information content (AvgIpc) is 2.90. The third-order valence-electron chi connectivity index (χ3n) is 2.92. The van der Waals surface area contributed by atoms with Crippen molar-refractivity contribution in [1.82, 2.24) is 4.98 Å². The lowest BCUT2D eigenvalue weighted by Gasteiger charge is -2.13. The van der Waals surface area contributed by atoms with Gasteiger partial charge in [0.25, 0.3) is 0 Å². The fourth-order valence-electron chi connectivity index (χ4n) is 1.92. The minimum absolute atomic E-state index is 0.354. The number of methoxy groups -OCH3 is 1. The van der Waals surface area contributed by atoms with Crippen LogP contribution in [0.2, 0.25) is 0 Å². The lowest BCUT2D eigenvalue weighted by molar-refractivity contribution is 0.0602. The number of nitrogens with one attached hydrogen (secondary N) is 1. The van der Waals surface area contributed by atoms with E-state index in [1.807, 2.05) is 11.8 Å². The first kappa shape index (κ1) is 13.0. The maximum atomic E-state index is 11.5. The molecular weight excluding hydrogens is 250 g/mol. The molecule has 1 aliphatic rings. The predicted octanol–water partition coefficient (Wildman–Crippen LogP) is 1.76. The predicted molar refractivity (Wildman–Crippen MR) is 74.0 cm³/mol. The van der Waals surface area contributed by atoms with Crippen LogP contribution in [-0.4, -0.2) is 35.6 Å². The smallest absolute Gasteiger partial charge is 0.340 e. The van der Waals surface area contributed by atoms with E-state index in [-0.39, 0.29) is 0 Å². The van der Waals surface area contributed by atoms with Crippen molar-refractivity contribution in [2.24, 2.45) is 0 Å². The van der Waals surface area contributed by atoms with Gasteiger partial charge in [0.1, 0.15) is 5.82 Å². The second kappa shape index (κ2) is 5.95. The van der Waals surface area contributed by atoms with E-state index in [0.717, 1.165) is 6.54 Å². The number of hydrogen-bond donors (Lipinski definition) is 2. The Balaban J connectivity index is 2.05. The molecule has 3 N–H and O–H groups in total. The van der Waals surface area contributed by atoms with Crippen LogP contribution in [0.3, 0.4) is 0 Å². The summed E-state index contributed by atoms with van der Waals surface area (Å²) in [5.74, 6) is 1.34. The molecule has 0 spiro atoms. The van der Waals surface area contributed by atoms with Gasteiger partial charge < -0.3 is 15.8 Å². The first-order chi connectivity index (χ1) is 8.72. The molecule has 0 saturated carbocycles. The van der Waals surface area contributed by atoms with Gasteiger partial charge in [-0.25, -0.2) is 9.78 Å². The van der Waals surface area contributed by atoms with Gasteiger partial charge in [0.2, 0.25) is 0 Å². The van der Waals surface area contributed by atoms with Crippen LogP contribution in [0.25, 0.3) is 0 Å². The molecule has 0 aliphatic carbocycles. The van der Waals surface area contributed by atoms with E-state index in [2.05, 4.69) is 15.0 Å². The second-order valence-corrected chi connectivity index (χ2v) is 5.54. The van der Waals surface area contributed by atoms with Crippen molar-refractivity contribution in [1.29, 1.82) is 0 Å². The maximum absolute atomic E-state index is 11.5. The number of esters is 1. The minimum Gasteiger partial charge on any atom is -0.465 e.